The Morgan fingerprint density at radius 1 is 1.18 bits per heavy atom. The number of anilines is 1. The molecule has 1 saturated heterocycles. The van der Waals surface area contributed by atoms with Crippen LogP contribution >= 0.6 is 0 Å². The molecule has 0 bridgehead atoms. The van der Waals surface area contributed by atoms with E-state index >= 15 is 4.39 Å². The molecule has 2 unspecified atom stereocenters. The van der Waals surface area contributed by atoms with Gasteiger partial charge < -0.3 is 24.6 Å². The fraction of sp³-hybridized carbons (Fsp3) is 0.400. The summed E-state index contributed by atoms with van der Waals surface area (Å²) in [4.78, 5) is 15.6. The number of halogens is 1. The zero-order valence-corrected chi connectivity index (χ0v) is 21.6. The molecule has 3 heterocycles. The third-order valence-corrected chi connectivity index (χ3v) is 7.82. The number of aromatic nitrogens is 1. The third-order valence-electron chi connectivity index (χ3n) is 7.82. The zero-order chi connectivity index (χ0) is 26.4. The highest BCUT2D eigenvalue weighted by molar-refractivity contribution is 5.77. The van der Waals surface area contributed by atoms with Crippen LogP contribution in [0.15, 0.2) is 36.5 Å². The van der Waals surface area contributed by atoms with Gasteiger partial charge in [-0.3, -0.25) is 4.79 Å². The molecule has 2 aromatic carbocycles. The molecule has 2 aliphatic heterocycles. The number of hydrogen-bond acceptors (Lipinski definition) is 6. The number of aryl methyl sites for hydroxylation is 2. The highest BCUT2D eigenvalue weighted by Gasteiger charge is 2.31. The summed E-state index contributed by atoms with van der Waals surface area (Å²) in [6, 6.07) is 9.14. The number of pyridine rings is 1. The van der Waals surface area contributed by atoms with E-state index in [4.69, 9.17) is 19.3 Å². The predicted molar refractivity (Wildman–Crippen MR) is 141 cm³/mol. The molecule has 8 heteroatoms. The number of benzene rings is 2. The fourth-order valence-electron chi connectivity index (χ4n) is 6.11. The summed E-state index contributed by atoms with van der Waals surface area (Å²) < 4.78 is 32.6. The van der Waals surface area contributed by atoms with Crippen molar-refractivity contribution >= 4 is 11.8 Å². The van der Waals surface area contributed by atoms with Crippen LogP contribution in [0.25, 0.3) is 11.1 Å². The summed E-state index contributed by atoms with van der Waals surface area (Å²) in [5, 5.41) is 12.5. The molecular formula is C30H31FN2O5. The lowest BCUT2D eigenvalue weighted by Crippen LogP contribution is -2.15. The summed E-state index contributed by atoms with van der Waals surface area (Å²) in [5.41, 5.74) is 6.86. The van der Waals surface area contributed by atoms with E-state index in [1.165, 1.54) is 0 Å². The molecular weight excluding hydrogens is 487 g/mol. The number of fused-ring (bicyclic) bond motifs is 2. The number of carboxylic acids is 1. The van der Waals surface area contributed by atoms with Gasteiger partial charge >= 0.3 is 5.97 Å². The van der Waals surface area contributed by atoms with Crippen LogP contribution in [0.2, 0.25) is 0 Å². The van der Waals surface area contributed by atoms with E-state index in [2.05, 4.69) is 36.3 Å². The van der Waals surface area contributed by atoms with Crippen LogP contribution in [0.5, 0.6) is 11.5 Å². The Kier molecular flexibility index (Phi) is 6.43. The Hall–Kier alpha value is -3.65. The summed E-state index contributed by atoms with van der Waals surface area (Å²) >= 11 is 0. The highest BCUT2D eigenvalue weighted by Crippen LogP contribution is 2.44. The molecule has 0 amide bonds. The van der Waals surface area contributed by atoms with Crippen molar-refractivity contribution in [2.45, 2.75) is 57.6 Å². The molecule has 38 heavy (non-hydrogen) atoms. The second kappa shape index (κ2) is 9.91. The lowest BCUT2D eigenvalue weighted by atomic mass is 9.90. The van der Waals surface area contributed by atoms with Crippen molar-refractivity contribution in [1.29, 1.82) is 0 Å². The van der Waals surface area contributed by atoms with Gasteiger partial charge in [0.05, 0.1) is 32.3 Å². The molecule has 0 saturated carbocycles. The standard InChI is InChI=1S/C30H31FN2O5/c1-16-9-20(38-19-7-8-36-15-19)10-17(2)29(16)21-3-5-24(31)30-22(21)4-6-25(30)33-27-12-26-23(13-32-27)18(14-37-26)11-28(34)35/h3,5,9-10,12-13,18-19,25H,4,6-8,11,14-15H2,1-2H3,(H,32,33)(H,34,35)/t18?,19?,25-/m1/s1. The average molecular weight is 519 g/mol. The van der Waals surface area contributed by atoms with Crippen LogP contribution in [-0.2, 0) is 16.0 Å². The van der Waals surface area contributed by atoms with Crippen molar-refractivity contribution in [3.8, 4) is 22.6 Å². The van der Waals surface area contributed by atoms with E-state index in [1.807, 2.05) is 6.07 Å². The summed E-state index contributed by atoms with van der Waals surface area (Å²) in [6.45, 7) is 5.83. The largest absolute Gasteiger partial charge is 0.492 e. The lowest BCUT2D eigenvalue weighted by Gasteiger charge is -2.20. The molecule has 198 valence electrons. The van der Waals surface area contributed by atoms with Gasteiger partial charge in [0.2, 0.25) is 0 Å². The Morgan fingerprint density at radius 2 is 2.00 bits per heavy atom. The van der Waals surface area contributed by atoms with Crippen LogP contribution in [0.3, 0.4) is 0 Å². The Balaban J connectivity index is 1.27. The van der Waals surface area contributed by atoms with Crippen molar-refractivity contribution in [2.75, 3.05) is 25.1 Å². The molecule has 0 radical (unpaired) electrons. The van der Waals surface area contributed by atoms with Gasteiger partial charge in [0.15, 0.2) is 0 Å². The zero-order valence-electron chi connectivity index (χ0n) is 21.6. The summed E-state index contributed by atoms with van der Waals surface area (Å²) in [6.07, 6.45) is 4.15. The van der Waals surface area contributed by atoms with Crippen LogP contribution in [0, 0.1) is 19.7 Å². The Morgan fingerprint density at radius 3 is 2.74 bits per heavy atom. The van der Waals surface area contributed by atoms with Gasteiger partial charge in [0.1, 0.15) is 29.2 Å². The molecule has 1 aliphatic carbocycles. The number of hydrogen-bond donors (Lipinski definition) is 2. The highest BCUT2D eigenvalue weighted by atomic mass is 19.1. The maximum Gasteiger partial charge on any atom is 0.304 e. The van der Waals surface area contributed by atoms with Crippen molar-refractivity contribution < 1.29 is 28.5 Å². The second-order valence-electron chi connectivity index (χ2n) is 10.5. The van der Waals surface area contributed by atoms with Crippen molar-refractivity contribution in [2.24, 2.45) is 0 Å². The van der Waals surface area contributed by atoms with Crippen LogP contribution in [0.4, 0.5) is 10.2 Å². The number of aliphatic carboxylic acids is 1. The number of ether oxygens (including phenoxy) is 3. The summed E-state index contributed by atoms with van der Waals surface area (Å²) in [5.74, 6) is 0.776. The Labute approximate surface area is 221 Å². The van der Waals surface area contributed by atoms with E-state index in [0.29, 0.717) is 30.3 Å². The van der Waals surface area contributed by atoms with E-state index in [1.54, 1.807) is 18.3 Å². The lowest BCUT2D eigenvalue weighted by molar-refractivity contribution is -0.137. The second-order valence-corrected chi connectivity index (χ2v) is 10.5. The van der Waals surface area contributed by atoms with E-state index in [0.717, 1.165) is 65.0 Å². The van der Waals surface area contributed by atoms with Gasteiger partial charge in [-0.15, -0.1) is 0 Å². The number of carbonyl (C=O) groups is 1. The average Bonchev–Trinajstić information content (AvgIpc) is 3.61. The maximum atomic E-state index is 15.3. The molecule has 3 aliphatic rings. The van der Waals surface area contributed by atoms with Crippen molar-refractivity contribution in [1.82, 2.24) is 4.98 Å². The maximum absolute atomic E-state index is 15.3. The first-order chi connectivity index (χ1) is 18.4. The predicted octanol–water partition coefficient (Wildman–Crippen LogP) is 5.72. The number of carboxylic acid groups (broad SMARTS) is 1. The van der Waals surface area contributed by atoms with Gasteiger partial charge in [0, 0.05) is 35.7 Å². The van der Waals surface area contributed by atoms with E-state index in [9.17, 15) is 4.79 Å². The SMILES string of the molecule is Cc1cc(OC2CCOC2)cc(C)c1-c1ccc(F)c2c1CC[C@H]2Nc1cc2c(cn1)C(CC(=O)O)CO2. The number of nitrogens with one attached hydrogen (secondary N) is 1. The molecule has 1 fully saturated rings. The van der Waals surface area contributed by atoms with Gasteiger partial charge in [-0.05, 0) is 72.7 Å². The normalized spacial score (nSPS) is 21.6. The topological polar surface area (TPSA) is 89.9 Å². The molecule has 3 atom stereocenters. The number of nitrogens with zero attached hydrogens (tertiary/aromatic N) is 1. The minimum atomic E-state index is -0.862. The molecule has 6 rings (SSSR count). The minimum absolute atomic E-state index is 0.00633. The van der Waals surface area contributed by atoms with Crippen molar-refractivity contribution in [3.63, 3.8) is 0 Å². The van der Waals surface area contributed by atoms with Gasteiger partial charge in [-0.2, -0.15) is 0 Å². The third kappa shape index (κ3) is 4.58. The van der Waals surface area contributed by atoms with Crippen LogP contribution < -0.4 is 14.8 Å². The summed E-state index contributed by atoms with van der Waals surface area (Å²) in [7, 11) is 0. The quantitative estimate of drug-likeness (QED) is 0.413. The smallest absolute Gasteiger partial charge is 0.304 e. The van der Waals surface area contributed by atoms with Gasteiger partial charge in [-0.1, -0.05) is 6.07 Å². The first-order valence-electron chi connectivity index (χ1n) is 13.2. The van der Waals surface area contributed by atoms with E-state index < -0.39 is 5.97 Å². The molecule has 3 aromatic rings. The molecule has 7 nitrogen and oxygen atoms in total. The first-order valence-corrected chi connectivity index (χ1v) is 13.2. The van der Waals surface area contributed by atoms with E-state index in [-0.39, 0.29) is 30.3 Å². The fourth-order valence-corrected chi connectivity index (χ4v) is 6.11. The monoisotopic (exact) mass is 518 g/mol. The molecule has 0 spiro atoms. The van der Waals surface area contributed by atoms with Gasteiger partial charge in [-0.25, -0.2) is 9.37 Å². The first kappa shape index (κ1) is 24.7. The van der Waals surface area contributed by atoms with Crippen LogP contribution in [-0.4, -0.2) is 42.0 Å². The number of rotatable bonds is 7. The van der Waals surface area contributed by atoms with Crippen molar-refractivity contribution in [3.05, 3.63) is 70.2 Å². The minimum Gasteiger partial charge on any atom is -0.492 e. The van der Waals surface area contributed by atoms with Gasteiger partial charge in [0.25, 0.3) is 0 Å². The molecule has 2 N–H and O–H groups in total. The molecule has 1 aromatic heterocycles. The Bertz CT molecular complexity index is 1380. The van der Waals surface area contributed by atoms with Crippen LogP contribution in [0.1, 0.15) is 59.0 Å².